The SMILES string of the molecule is CC/C=C\C/C=C\CC(/C=C/I)O[Si](C)(C)C(C)(C)C. The molecule has 0 aromatic heterocycles. The van der Waals surface area contributed by atoms with Crippen LogP contribution in [0, 0.1) is 0 Å². The third-order valence-electron chi connectivity index (χ3n) is 3.75. The van der Waals surface area contributed by atoms with Crippen LogP contribution in [0.1, 0.15) is 47.0 Å². The number of halogens is 1. The van der Waals surface area contributed by atoms with E-state index in [1.54, 1.807) is 0 Å². The molecule has 0 saturated carbocycles. The maximum Gasteiger partial charge on any atom is 0.192 e. The first kappa shape index (κ1) is 20.1. The van der Waals surface area contributed by atoms with Crippen molar-refractivity contribution in [3.05, 3.63) is 34.5 Å². The van der Waals surface area contributed by atoms with E-state index in [0.29, 0.717) is 0 Å². The zero-order valence-electron chi connectivity index (χ0n) is 13.9. The second kappa shape index (κ2) is 9.95. The molecule has 0 saturated heterocycles. The molecule has 0 aliphatic carbocycles. The Hall–Kier alpha value is 0.127. The van der Waals surface area contributed by atoms with Gasteiger partial charge >= 0.3 is 0 Å². The van der Waals surface area contributed by atoms with Gasteiger partial charge in [-0.2, -0.15) is 0 Å². The normalized spacial score (nSPS) is 15.8. The smallest absolute Gasteiger partial charge is 0.192 e. The van der Waals surface area contributed by atoms with Crippen LogP contribution in [0.5, 0.6) is 0 Å². The van der Waals surface area contributed by atoms with Crippen molar-refractivity contribution in [1.29, 1.82) is 0 Å². The molecule has 3 heteroatoms. The van der Waals surface area contributed by atoms with Gasteiger partial charge in [0, 0.05) is 0 Å². The fraction of sp³-hybridized carbons (Fsp3) is 0.647. The van der Waals surface area contributed by atoms with Crippen LogP contribution in [0.2, 0.25) is 18.1 Å². The molecule has 0 N–H and O–H groups in total. The van der Waals surface area contributed by atoms with E-state index in [1.165, 1.54) is 0 Å². The second-order valence-corrected chi connectivity index (χ2v) is 12.0. The summed E-state index contributed by atoms with van der Waals surface area (Å²) >= 11 is 2.27. The lowest BCUT2D eigenvalue weighted by atomic mass is 10.2. The minimum absolute atomic E-state index is 0.208. The Bertz CT molecular complexity index is 337. The summed E-state index contributed by atoms with van der Waals surface area (Å²) in [4.78, 5) is 0. The molecule has 0 fully saturated rings. The number of allylic oxidation sites excluding steroid dienone is 3. The van der Waals surface area contributed by atoms with Crippen LogP contribution < -0.4 is 0 Å². The minimum Gasteiger partial charge on any atom is -0.410 e. The molecule has 1 atom stereocenters. The van der Waals surface area contributed by atoms with Crippen LogP contribution in [0.3, 0.4) is 0 Å². The Labute approximate surface area is 140 Å². The van der Waals surface area contributed by atoms with Crippen LogP contribution in [0.25, 0.3) is 0 Å². The van der Waals surface area contributed by atoms with Crippen molar-refractivity contribution >= 4 is 30.9 Å². The van der Waals surface area contributed by atoms with Gasteiger partial charge in [0.25, 0.3) is 0 Å². The van der Waals surface area contributed by atoms with Crippen molar-refractivity contribution in [2.45, 2.75) is 71.2 Å². The van der Waals surface area contributed by atoms with Crippen molar-refractivity contribution in [1.82, 2.24) is 0 Å². The predicted octanol–water partition coefficient (Wildman–Crippen LogP) is 6.63. The molecule has 0 bridgehead atoms. The average molecular weight is 406 g/mol. The van der Waals surface area contributed by atoms with E-state index in [-0.39, 0.29) is 11.1 Å². The molecule has 0 amide bonds. The highest BCUT2D eigenvalue weighted by atomic mass is 127. The fourth-order valence-electron chi connectivity index (χ4n) is 1.47. The molecular formula is C17H31IOSi. The van der Waals surface area contributed by atoms with E-state index < -0.39 is 8.32 Å². The van der Waals surface area contributed by atoms with E-state index in [4.69, 9.17) is 4.43 Å². The highest BCUT2D eigenvalue weighted by molar-refractivity contribution is 14.1. The first-order chi connectivity index (χ1) is 9.24. The lowest BCUT2D eigenvalue weighted by Crippen LogP contribution is -2.43. The van der Waals surface area contributed by atoms with Gasteiger partial charge < -0.3 is 4.43 Å². The van der Waals surface area contributed by atoms with E-state index in [1.807, 2.05) is 0 Å². The van der Waals surface area contributed by atoms with E-state index in [9.17, 15) is 0 Å². The van der Waals surface area contributed by atoms with Crippen LogP contribution >= 0.6 is 22.6 Å². The zero-order chi connectivity index (χ0) is 15.6. The van der Waals surface area contributed by atoms with Gasteiger partial charge in [0.05, 0.1) is 6.10 Å². The maximum absolute atomic E-state index is 6.45. The molecule has 0 radical (unpaired) electrons. The van der Waals surface area contributed by atoms with E-state index >= 15 is 0 Å². The number of rotatable bonds is 8. The molecule has 0 aliphatic rings. The summed E-state index contributed by atoms with van der Waals surface area (Å²) in [5, 5.41) is 0.262. The Morgan fingerprint density at radius 1 is 1.10 bits per heavy atom. The summed E-state index contributed by atoms with van der Waals surface area (Å²) in [6.45, 7) is 13.7. The number of hydrogen-bond acceptors (Lipinski definition) is 1. The molecule has 0 spiro atoms. The Morgan fingerprint density at radius 2 is 1.70 bits per heavy atom. The molecule has 1 nitrogen and oxygen atoms in total. The fourth-order valence-corrected chi connectivity index (χ4v) is 3.22. The minimum atomic E-state index is -1.69. The van der Waals surface area contributed by atoms with Gasteiger partial charge in [0.2, 0.25) is 0 Å². The average Bonchev–Trinajstić information content (AvgIpc) is 2.32. The van der Waals surface area contributed by atoms with E-state index in [2.05, 4.69) is 97.8 Å². The summed E-state index contributed by atoms with van der Waals surface area (Å²) in [5.74, 6) is 0. The number of hydrogen-bond donors (Lipinski definition) is 0. The predicted molar refractivity (Wildman–Crippen MR) is 103 cm³/mol. The first-order valence-corrected chi connectivity index (χ1v) is 11.6. The highest BCUT2D eigenvalue weighted by Crippen LogP contribution is 2.37. The molecule has 0 aromatic rings. The van der Waals surface area contributed by atoms with Crippen LogP contribution in [-0.2, 0) is 4.43 Å². The molecular weight excluding hydrogens is 375 g/mol. The van der Waals surface area contributed by atoms with Crippen molar-refractivity contribution in [3.63, 3.8) is 0 Å². The van der Waals surface area contributed by atoms with Gasteiger partial charge in [-0.3, -0.25) is 0 Å². The Balaban J connectivity index is 4.48. The van der Waals surface area contributed by atoms with Gasteiger partial charge in [-0.25, -0.2) is 0 Å². The third-order valence-corrected chi connectivity index (χ3v) is 8.67. The topological polar surface area (TPSA) is 9.23 Å². The second-order valence-electron chi connectivity index (χ2n) is 6.56. The summed E-state index contributed by atoms with van der Waals surface area (Å²) in [7, 11) is -1.69. The van der Waals surface area contributed by atoms with Crippen molar-refractivity contribution in [2.24, 2.45) is 0 Å². The molecule has 0 heterocycles. The summed E-state index contributed by atoms with van der Waals surface area (Å²) in [6, 6.07) is 0. The lowest BCUT2D eigenvalue weighted by molar-refractivity contribution is 0.228. The molecule has 0 aromatic carbocycles. The summed E-state index contributed by atoms with van der Waals surface area (Å²) in [6.07, 6.45) is 14.4. The third kappa shape index (κ3) is 8.42. The Morgan fingerprint density at radius 3 is 2.20 bits per heavy atom. The highest BCUT2D eigenvalue weighted by Gasteiger charge is 2.38. The van der Waals surface area contributed by atoms with Crippen molar-refractivity contribution in [3.8, 4) is 0 Å². The largest absolute Gasteiger partial charge is 0.410 e. The quantitative estimate of drug-likeness (QED) is 0.250. The Kier molecular flexibility index (Phi) is 10.0. The molecule has 20 heavy (non-hydrogen) atoms. The van der Waals surface area contributed by atoms with Gasteiger partial charge in [-0.15, -0.1) is 0 Å². The molecule has 0 rings (SSSR count). The monoisotopic (exact) mass is 406 g/mol. The van der Waals surface area contributed by atoms with Crippen molar-refractivity contribution in [2.75, 3.05) is 0 Å². The van der Waals surface area contributed by atoms with Crippen LogP contribution in [0.15, 0.2) is 34.5 Å². The molecule has 0 aliphatic heterocycles. The lowest BCUT2D eigenvalue weighted by Gasteiger charge is -2.38. The molecule has 116 valence electrons. The first-order valence-electron chi connectivity index (χ1n) is 7.49. The van der Waals surface area contributed by atoms with Gasteiger partial charge in [-0.1, -0.05) is 80.7 Å². The van der Waals surface area contributed by atoms with Crippen LogP contribution in [0.4, 0.5) is 0 Å². The van der Waals surface area contributed by atoms with Crippen molar-refractivity contribution < 1.29 is 4.43 Å². The standard InChI is InChI=1S/C17H31IOSi/c1-7-8-9-10-11-12-13-16(14-15-18)19-20(5,6)17(2,3)4/h8-9,11-12,14-16H,7,10,13H2,1-6H3/b9-8-,12-11-,15-14+. The van der Waals surface area contributed by atoms with E-state index in [0.717, 1.165) is 19.3 Å². The van der Waals surface area contributed by atoms with Gasteiger partial charge in [0.15, 0.2) is 8.32 Å². The maximum atomic E-state index is 6.45. The molecule has 1 unspecified atom stereocenters. The van der Waals surface area contributed by atoms with Crippen LogP contribution in [-0.4, -0.2) is 14.4 Å². The summed E-state index contributed by atoms with van der Waals surface area (Å²) < 4.78 is 8.52. The van der Waals surface area contributed by atoms with Gasteiger partial charge in [0.1, 0.15) is 0 Å². The zero-order valence-corrected chi connectivity index (χ0v) is 17.1. The summed E-state index contributed by atoms with van der Waals surface area (Å²) in [5.41, 5.74) is 0. The van der Waals surface area contributed by atoms with Gasteiger partial charge in [-0.05, 0) is 41.5 Å².